The zero-order chi connectivity index (χ0) is 12.4. The van der Waals surface area contributed by atoms with Crippen molar-refractivity contribution in [1.29, 1.82) is 0 Å². The number of esters is 1. The van der Waals surface area contributed by atoms with E-state index in [1.807, 2.05) is 0 Å². The first kappa shape index (κ1) is 11.8. The molecular weight excluding hydrogens is 246 g/mol. The van der Waals surface area contributed by atoms with Crippen LogP contribution < -0.4 is 0 Å². The van der Waals surface area contributed by atoms with Crippen molar-refractivity contribution in [3.05, 3.63) is 23.0 Å². The predicted molar refractivity (Wildman–Crippen MR) is 62.4 cm³/mol. The molecule has 0 aromatic rings. The summed E-state index contributed by atoms with van der Waals surface area (Å²) in [5, 5.41) is 10.3. The van der Waals surface area contributed by atoms with Gasteiger partial charge in [-0.25, -0.2) is 14.8 Å². The van der Waals surface area contributed by atoms with Crippen molar-refractivity contribution < 1.29 is 14.6 Å². The Morgan fingerprint density at radius 3 is 3.18 bits per heavy atom. The average molecular weight is 256 g/mol. The van der Waals surface area contributed by atoms with Crippen LogP contribution in [-0.4, -0.2) is 41.0 Å². The van der Waals surface area contributed by atoms with Crippen LogP contribution in [0.5, 0.6) is 0 Å². The summed E-state index contributed by atoms with van der Waals surface area (Å²) >= 11 is 5.76. The number of aliphatic imine (C=N–C) groups is 2. The topological polar surface area (TPSA) is 74.5 Å². The van der Waals surface area contributed by atoms with Crippen molar-refractivity contribution in [2.24, 2.45) is 9.98 Å². The van der Waals surface area contributed by atoms with E-state index >= 15 is 0 Å². The Morgan fingerprint density at radius 1 is 1.71 bits per heavy atom. The summed E-state index contributed by atoms with van der Waals surface area (Å²) < 4.78 is 4.80. The van der Waals surface area contributed by atoms with Crippen LogP contribution in [0.1, 0.15) is 6.92 Å². The first-order valence-corrected chi connectivity index (χ1v) is 5.34. The van der Waals surface area contributed by atoms with Gasteiger partial charge in [0.05, 0.1) is 17.9 Å². The molecule has 1 N–H and O–H groups in total. The second kappa shape index (κ2) is 4.68. The average Bonchev–Trinajstić information content (AvgIpc) is 2.30. The normalized spacial score (nSPS) is 22.4. The van der Waals surface area contributed by atoms with Gasteiger partial charge in [-0.2, -0.15) is 0 Å². The van der Waals surface area contributed by atoms with E-state index in [9.17, 15) is 9.90 Å². The Hall–Kier alpha value is -1.66. The van der Waals surface area contributed by atoms with Gasteiger partial charge in [-0.15, -0.1) is 0 Å². The molecule has 1 atom stereocenters. The highest BCUT2D eigenvalue weighted by Gasteiger charge is 2.31. The van der Waals surface area contributed by atoms with Crippen molar-refractivity contribution in [2.75, 3.05) is 6.61 Å². The summed E-state index contributed by atoms with van der Waals surface area (Å²) in [6.07, 6.45) is 2.92. The molecule has 7 heteroatoms. The minimum atomic E-state index is -1.19. The fraction of sp³-hybridized carbons (Fsp3) is 0.300. The third-order valence-corrected chi connectivity index (χ3v) is 2.36. The molecule has 0 fully saturated rings. The molecule has 17 heavy (non-hydrogen) atoms. The number of guanidine groups is 1. The number of hydrogen-bond acceptors (Lipinski definition) is 6. The van der Waals surface area contributed by atoms with Crippen molar-refractivity contribution >= 4 is 29.7 Å². The largest absolute Gasteiger partial charge is 0.462 e. The summed E-state index contributed by atoms with van der Waals surface area (Å²) in [5.74, 6) is -0.336. The molecule has 0 aromatic carbocycles. The number of aliphatic hydroxyl groups excluding tert-OH is 1. The van der Waals surface area contributed by atoms with Crippen LogP contribution in [0.25, 0.3) is 0 Å². The Kier molecular flexibility index (Phi) is 3.26. The quantitative estimate of drug-likeness (QED) is 0.733. The second-order valence-electron chi connectivity index (χ2n) is 3.29. The van der Waals surface area contributed by atoms with E-state index in [1.165, 1.54) is 23.5 Å². The van der Waals surface area contributed by atoms with Gasteiger partial charge in [-0.1, -0.05) is 11.6 Å². The highest BCUT2D eigenvalue weighted by atomic mass is 35.5. The van der Waals surface area contributed by atoms with Crippen LogP contribution >= 0.6 is 11.6 Å². The smallest absolute Gasteiger partial charge is 0.340 e. The van der Waals surface area contributed by atoms with Crippen molar-refractivity contribution in [3.8, 4) is 0 Å². The Balaban J connectivity index is 2.28. The molecule has 0 radical (unpaired) electrons. The number of hydrogen-bond donors (Lipinski definition) is 1. The van der Waals surface area contributed by atoms with Crippen molar-refractivity contribution in [3.63, 3.8) is 0 Å². The van der Waals surface area contributed by atoms with Crippen LogP contribution in [0, 0.1) is 0 Å². The molecule has 0 aromatic heterocycles. The molecule has 2 aliphatic heterocycles. The van der Waals surface area contributed by atoms with Gasteiger partial charge in [-0.05, 0) is 6.92 Å². The van der Waals surface area contributed by atoms with Gasteiger partial charge in [0.1, 0.15) is 5.57 Å². The van der Waals surface area contributed by atoms with E-state index < -0.39 is 12.2 Å². The molecule has 2 aliphatic rings. The zero-order valence-corrected chi connectivity index (χ0v) is 9.76. The summed E-state index contributed by atoms with van der Waals surface area (Å²) in [6.45, 7) is 1.92. The number of allylic oxidation sites excluding steroid dienone is 1. The second-order valence-corrected chi connectivity index (χ2v) is 3.72. The SMILES string of the molecule is CCOC(=O)C1=CN=C2N=CC(Cl)=CN2[C@H]1O. The summed E-state index contributed by atoms with van der Waals surface area (Å²) in [7, 11) is 0. The number of rotatable bonds is 2. The lowest BCUT2D eigenvalue weighted by molar-refractivity contribution is -0.140. The van der Waals surface area contributed by atoms with Gasteiger partial charge in [0.2, 0.25) is 5.96 Å². The first-order chi connectivity index (χ1) is 8.13. The Morgan fingerprint density at radius 2 is 2.47 bits per heavy atom. The molecule has 0 spiro atoms. The molecule has 2 rings (SSSR count). The molecule has 0 saturated carbocycles. The van der Waals surface area contributed by atoms with Crippen LogP contribution in [0.4, 0.5) is 0 Å². The van der Waals surface area contributed by atoms with Gasteiger partial charge in [-0.3, -0.25) is 4.90 Å². The van der Waals surface area contributed by atoms with Crippen LogP contribution in [0.15, 0.2) is 33.0 Å². The molecule has 90 valence electrons. The van der Waals surface area contributed by atoms with Gasteiger partial charge in [0.25, 0.3) is 0 Å². The maximum atomic E-state index is 11.5. The van der Waals surface area contributed by atoms with Gasteiger partial charge < -0.3 is 9.84 Å². The lowest BCUT2D eigenvalue weighted by atomic mass is 10.2. The molecule has 0 bridgehead atoms. The molecule has 0 amide bonds. The van der Waals surface area contributed by atoms with Gasteiger partial charge in [0, 0.05) is 12.4 Å². The maximum Gasteiger partial charge on any atom is 0.340 e. The molecule has 0 aliphatic carbocycles. The van der Waals surface area contributed by atoms with E-state index in [1.54, 1.807) is 6.92 Å². The van der Waals surface area contributed by atoms with Crippen molar-refractivity contribution in [2.45, 2.75) is 13.2 Å². The van der Waals surface area contributed by atoms with Crippen LogP contribution in [0.3, 0.4) is 0 Å². The Bertz CT molecular complexity index is 467. The number of ether oxygens (including phenoxy) is 1. The fourth-order valence-electron chi connectivity index (χ4n) is 1.41. The van der Waals surface area contributed by atoms with E-state index in [-0.39, 0.29) is 18.1 Å². The minimum Gasteiger partial charge on any atom is -0.462 e. The summed E-state index contributed by atoms with van der Waals surface area (Å²) in [6, 6.07) is 0. The number of halogens is 1. The van der Waals surface area contributed by atoms with E-state index in [2.05, 4.69) is 9.98 Å². The number of carbonyl (C=O) groups is 1. The zero-order valence-electron chi connectivity index (χ0n) is 9.00. The molecule has 6 nitrogen and oxygen atoms in total. The fourth-order valence-corrected chi connectivity index (χ4v) is 1.56. The number of aliphatic hydroxyl groups is 1. The highest BCUT2D eigenvalue weighted by Crippen LogP contribution is 2.21. The highest BCUT2D eigenvalue weighted by molar-refractivity contribution is 6.40. The van der Waals surface area contributed by atoms with Gasteiger partial charge >= 0.3 is 5.97 Å². The molecular formula is C10H10ClN3O3. The monoisotopic (exact) mass is 255 g/mol. The number of carbonyl (C=O) groups excluding carboxylic acids is 1. The first-order valence-electron chi connectivity index (χ1n) is 4.96. The third kappa shape index (κ3) is 2.22. The van der Waals surface area contributed by atoms with Gasteiger partial charge in [0.15, 0.2) is 6.23 Å². The predicted octanol–water partition coefficient (Wildman–Crippen LogP) is 0.588. The standard InChI is InChI=1S/C10H10ClN3O3/c1-2-17-9(16)7-4-13-10-12-3-6(11)5-14(10)8(7)15/h3-5,8,15H,2H2,1H3/t8-/m0/s1. The molecule has 0 unspecified atom stereocenters. The van der Waals surface area contributed by atoms with E-state index in [0.717, 1.165) is 0 Å². The van der Waals surface area contributed by atoms with Crippen molar-refractivity contribution in [1.82, 2.24) is 4.90 Å². The van der Waals surface area contributed by atoms with Crippen LogP contribution in [-0.2, 0) is 9.53 Å². The lowest BCUT2D eigenvalue weighted by Gasteiger charge is -2.30. The Labute approximate surface area is 103 Å². The third-order valence-electron chi connectivity index (χ3n) is 2.17. The summed E-state index contributed by atoms with van der Waals surface area (Å²) in [5.41, 5.74) is 0.0495. The number of fused-ring (bicyclic) bond motifs is 1. The maximum absolute atomic E-state index is 11.5. The molecule has 2 heterocycles. The number of nitrogens with zero attached hydrogens (tertiary/aromatic N) is 3. The minimum absolute atomic E-state index is 0.0495. The van der Waals surface area contributed by atoms with Crippen LogP contribution in [0.2, 0.25) is 0 Å². The van der Waals surface area contributed by atoms with E-state index in [4.69, 9.17) is 16.3 Å². The summed E-state index contributed by atoms with van der Waals surface area (Å²) in [4.78, 5) is 20.7. The molecule has 0 saturated heterocycles. The van der Waals surface area contributed by atoms with E-state index in [0.29, 0.717) is 5.03 Å². The lowest BCUT2D eigenvalue weighted by Crippen LogP contribution is -2.42.